The van der Waals surface area contributed by atoms with Crippen LogP contribution in [0.3, 0.4) is 0 Å². The number of nitrogens with one attached hydrogen (secondary N) is 1. The van der Waals surface area contributed by atoms with Crippen LogP contribution in [0.1, 0.15) is 11.1 Å². The Labute approximate surface area is 128 Å². The Bertz CT molecular complexity index is 768. The van der Waals surface area contributed by atoms with Gasteiger partial charge in [-0.15, -0.1) is 0 Å². The van der Waals surface area contributed by atoms with Crippen LogP contribution in [-0.4, -0.2) is 5.71 Å². The van der Waals surface area contributed by atoms with Crippen LogP contribution in [0.4, 0.5) is 10.1 Å². The fourth-order valence-electron chi connectivity index (χ4n) is 2.16. The number of nitrogens with zero attached hydrogens (tertiary/aromatic N) is 1. The molecule has 1 N–H and O–H groups in total. The van der Waals surface area contributed by atoms with Crippen LogP contribution in [0.5, 0.6) is 0 Å². The van der Waals surface area contributed by atoms with Gasteiger partial charge in [-0.1, -0.05) is 60.7 Å². The molecule has 0 radical (unpaired) electrons. The molecule has 22 heavy (non-hydrogen) atoms. The van der Waals surface area contributed by atoms with Gasteiger partial charge in [-0.05, 0) is 24.3 Å². The molecular formula is C19H15FN2. The summed E-state index contributed by atoms with van der Waals surface area (Å²) in [6, 6.07) is 25.8. The Balaban J connectivity index is 2.02. The minimum absolute atomic E-state index is 0.292. The predicted molar refractivity (Wildman–Crippen MR) is 88.5 cm³/mol. The molecule has 0 amide bonds. The summed E-state index contributed by atoms with van der Waals surface area (Å²) in [5.41, 5.74) is 5.74. The first-order valence-corrected chi connectivity index (χ1v) is 7.03. The molecule has 2 nitrogen and oxygen atoms in total. The van der Waals surface area contributed by atoms with E-state index in [0.29, 0.717) is 11.3 Å². The molecule has 0 atom stereocenters. The molecule has 0 fully saturated rings. The van der Waals surface area contributed by atoms with Crippen molar-refractivity contribution in [2.45, 2.75) is 0 Å². The highest BCUT2D eigenvalue weighted by Gasteiger charge is 2.11. The van der Waals surface area contributed by atoms with E-state index in [1.165, 1.54) is 6.07 Å². The zero-order chi connectivity index (χ0) is 15.2. The molecule has 0 aliphatic rings. The summed E-state index contributed by atoms with van der Waals surface area (Å²) in [6.45, 7) is 0. The summed E-state index contributed by atoms with van der Waals surface area (Å²) in [6.07, 6.45) is 0. The van der Waals surface area contributed by atoms with Crippen molar-refractivity contribution in [1.29, 1.82) is 0 Å². The van der Waals surface area contributed by atoms with Crippen molar-refractivity contribution in [3.8, 4) is 0 Å². The quantitative estimate of drug-likeness (QED) is 0.547. The van der Waals surface area contributed by atoms with E-state index in [-0.39, 0.29) is 5.82 Å². The van der Waals surface area contributed by atoms with Crippen LogP contribution in [0.15, 0.2) is 90.0 Å². The fourth-order valence-corrected chi connectivity index (χ4v) is 2.16. The molecule has 0 spiro atoms. The molecule has 0 unspecified atom stereocenters. The third-order valence-corrected chi connectivity index (χ3v) is 3.25. The van der Waals surface area contributed by atoms with Gasteiger partial charge in [-0.25, -0.2) is 4.39 Å². The van der Waals surface area contributed by atoms with Crippen molar-refractivity contribution in [1.82, 2.24) is 0 Å². The molecular weight excluding hydrogens is 275 g/mol. The first-order valence-electron chi connectivity index (χ1n) is 7.03. The largest absolute Gasteiger partial charge is 0.278 e. The average molecular weight is 290 g/mol. The molecule has 0 aliphatic heterocycles. The van der Waals surface area contributed by atoms with Crippen LogP contribution in [0.2, 0.25) is 0 Å². The lowest BCUT2D eigenvalue weighted by atomic mass is 10.0. The van der Waals surface area contributed by atoms with E-state index in [1.54, 1.807) is 18.2 Å². The van der Waals surface area contributed by atoms with Crippen molar-refractivity contribution >= 4 is 11.4 Å². The number of hydrogen-bond acceptors (Lipinski definition) is 2. The van der Waals surface area contributed by atoms with Gasteiger partial charge in [-0.3, -0.25) is 5.43 Å². The zero-order valence-electron chi connectivity index (χ0n) is 11.9. The molecule has 3 rings (SSSR count). The van der Waals surface area contributed by atoms with E-state index in [1.807, 2.05) is 60.7 Å². The Morgan fingerprint density at radius 1 is 0.727 bits per heavy atom. The lowest BCUT2D eigenvalue weighted by Crippen LogP contribution is -2.08. The first-order chi connectivity index (χ1) is 10.8. The van der Waals surface area contributed by atoms with Crippen molar-refractivity contribution < 1.29 is 4.39 Å². The van der Waals surface area contributed by atoms with Gasteiger partial charge in [0.05, 0.1) is 5.69 Å². The second-order valence-corrected chi connectivity index (χ2v) is 4.78. The number of hydrazone groups is 1. The summed E-state index contributed by atoms with van der Waals surface area (Å²) in [5, 5.41) is 4.42. The number of para-hydroxylation sites is 1. The number of benzene rings is 3. The number of halogens is 1. The second-order valence-electron chi connectivity index (χ2n) is 4.78. The predicted octanol–water partition coefficient (Wildman–Crippen LogP) is 4.69. The summed E-state index contributed by atoms with van der Waals surface area (Å²) < 4.78 is 14.1. The van der Waals surface area contributed by atoms with Gasteiger partial charge in [0.2, 0.25) is 0 Å². The number of anilines is 1. The third kappa shape index (κ3) is 3.20. The van der Waals surface area contributed by atoms with E-state index >= 15 is 0 Å². The van der Waals surface area contributed by atoms with E-state index in [9.17, 15) is 4.39 Å². The smallest absolute Gasteiger partial charge is 0.132 e. The molecule has 3 heteroatoms. The summed E-state index contributed by atoms with van der Waals surface area (Å²) in [5.74, 6) is -0.292. The Morgan fingerprint density at radius 3 is 2.00 bits per heavy atom. The van der Waals surface area contributed by atoms with Gasteiger partial charge in [0.15, 0.2) is 0 Å². The SMILES string of the molecule is Fc1ccccc1/C(=N/Nc1ccccc1)c1ccccc1. The normalized spacial score (nSPS) is 11.2. The number of hydrogen-bond donors (Lipinski definition) is 1. The third-order valence-electron chi connectivity index (χ3n) is 3.25. The maximum absolute atomic E-state index is 14.1. The van der Waals surface area contributed by atoms with E-state index in [4.69, 9.17) is 0 Å². The average Bonchev–Trinajstić information content (AvgIpc) is 2.58. The van der Waals surface area contributed by atoms with Crippen LogP contribution in [0, 0.1) is 5.82 Å². The zero-order valence-corrected chi connectivity index (χ0v) is 11.9. The molecule has 0 heterocycles. The Kier molecular flexibility index (Phi) is 4.25. The first kappa shape index (κ1) is 14.0. The van der Waals surface area contributed by atoms with E-state index in [2.05, 4.69) is 10.5 Å². The lowest BCUT2D eigenvalue weighted by molar-refractivity contribution is 0.625. The van der Waals surface area contributed by atoms with E-state index < -0.39 is 0 Å². The molecule has 3 aromatic rings. The summed E-state index contributed by atoms with van der Waals surface area (Å²) in [7, 11) is 0. The highest BCUT2D eigenvalue weighted by Crippen LogP contribution is 2.15. The lowest BCUT2D eigenvalue weighted by Gasteiger charge is -2.09. The van der Waals surface area contributed by atoms with Crippen LogP contribution >= 0.6 is 0 Å². The maximum atomic E-state index is 14.1. The van der Waals surface area contributed by atoms with E-state index in [0.717, 1.165) is 11.3 Å². The van der Waals surface area contributed by atoms with Gasteiger partial charge in [0.25, 0.3) is 0 Å². The minimum Gasteiger partial charge on any atom is -0.278 e. The summed E-state index contributed by atoms with van der Waals surface area (Å²) in [4.78, 5) is 0. The van der Waals surface area contributed by atoms with Crippen molar-refractivity contribution in [3.05, 3.63) is 102 Å². The van der Waals surface area contributed by atoms with Crippen molar-refractivity contribution in [3.63, 3.8) is 0 Å². The van der Waals surface area contributed by atoms with Crippen molar-refractivity contribution in [2.75, 3.05) is 5.43 Å². The Hall–Kier alpha value is -2.94. The van der Waals surface area contributed by atoms with Gasteiger partial charge in [0, 0.05) is 11.1 Å². The number of rotatable bonds is 4. The molecule has 0 saturated heterocycles. The van der Waals surface area contributed by atoms with Gasteiger partial charge in [0.1, 0.15) is 11.5 Å². The van der Waals surface area contributed by atoms with Crippen LogP contribution < -0.4 is 5.43 Å². The molecule has 0 aromatic heterocycles. The van der Waals surface area contributed by atoms with Gasteiger partial charge >= 0.3 is 0 Å². The Morgan fingerprint density at radius 2 is 1.32 bits per heavy atom. The molecule has 3 aromatic carbocycles. The summed E-state index contributed by atoms with van der Waals surface area (Å²) >= 11 is 0. The van der Waals surface area contributed by atoms with Crippen molar-refractivity contribution in [2.24, 2.45) is 5.10 Å². The maximum Gasteiger partial charge on any atom is 0.132 e. The highest BCUT2D eigenvalue weighted by molar-refractivity contribution is 6.13. The van der Waals surface area contributed by atoms with Gasteiger partial charge < -0.3 is 0 Å². The fraction of sp³-hybridized carbons (Fsp3) is 0. The molecule has 0 aliphatic carbocycles. The molecule has 0 saturated carbocycles. The van der Waals surface area contributed by atoms with Crippen LogP contribution in [0.25, 0.3) is 0 Å². The van der Waals surface area contributed by atoms with Gasteiger partial charge in [-0.2, -0.15) is 5.10 Å². The minimum atomic E-state index is -0.292. The second kappa shape index (κ2) is 6.68. The van der Waals surface area contributed by atoms with Crippen LogP contribution in [-0.2, 0) is 0 Å². The monoisotopic (exact) mass is 290 g/mol. The highest BCUT2D eigenvalue weighted by atomic mass is 19.1. The molecule has 0 bridgehead atoms. The standard InChI is InChI=1S/C19H15FN2/c20-18-14-8-7-13-17(18)19(15-9-3-1-4-10-15)22-21-16-11-5-2-6-12-16/h1-14,21H/b22-19+. The topological polar surface area (TPSA) is 24.4 Å². The molecule has 108 valence electrons.